The summed E-state index contributed by atoms with van der Waals surface area (Å²) < 4.78 is 4.19. The van der Waals surface area contributed by atoms with Crippen molar-refractivity contribution in [2.75, 3.05) is 12.3 Å². The molecule has 27 heavy (non-hydrogen) atoms. The molecule has 0 aliphatic rings. The van der Waals surface area contributed by atoms with E-state index in [1.807, 2.05) is 40.3 Å². The van der Waals surface area contributed by atoms with E-state index >= 15 is 0 Å². The maximum absolute atomic E-state index is 12.9. The van der Waals surface area contributed by atoms with Crippen LogP contribution in [-0.2, 0) is 11.3 Å². The van der Waals surface area contributed by atoms with Crippen LogP contribution in [0.2, 0.25) is 0 Å². The summed E-state index contributed by atoms with van der Waals surface area (Å²) in [5.41, 5.74) is 0.717. The van der Waals surface area contributed by atoms with Crippen molar-refractivity contribution in [3.63, 3.8) is 0 Å². The van der Waals surface area contributed by atoms with Crippen LogP contribution in [0.3, 0.4) is 0 Å². The van der Waals surface area contributed by atoms with Gasteiger partial charge in [0.25, 0.3) is 5.56 Å². The highest BCUT2D eigenvalue weighted by Gasteiger charge is 2.18. The third-order valence-corrected chi connectivity index (χ3v) is 6.66. The molecular formula is C17H17N5O2S3. The van der Waals surface area contributed by atoms with Gasteiger partial charge in [0, 0.05) is 11.4 Å². The van der Waals surface area contributed by atoms with Gasteiger partial charge >= 0.3 is 0 Å². The molecule has 0 aliphatic heterocycles. The number of carbonyl (C=O) groups excluding carboxylic acids is 1. The molecule has 0 bridgehead atoms. The maximum atomic E-state index is 12.9. The van der Waals surface area contributed by atoms with Gasteiger partial charge < -0.3 is 5.32 Å². The summed E-state index contributed by atoms with van der Waals surface area (Å²) in [5, 5.41) is 15.9. The fraction of sp³-hybridized carbons (Fsp3) is 0.294. The Morgan fingerprint density at radius 1 is 1.26 bits per heavy atom. The smallest absolute Gasteiger partial charge is 0.273 e. The number of thioether (sulfide) groups is 1. The van der Waals surface area contributed by atoms with Crippen molar-refractivity contribution in [3.05, 3.63) is 44.2 Å². The number of carbonyl (C=O) groups is 1. The van der Waals surface area contributed by atoms with Crippen molar-refractivity contribution >= 4 is 56.3 Å². The van der Waals surface area contributed by atoms with Crippen molar-refractivity contribution in [2.45, 2.75) is 25.0 Å². The standard InChI is InChI=1S/C17H17N5O2S3/c1-2-6-18-13(23)10-27-17-20-19-16-21(9-11-4-3-7-25-11)15(24)14-12(22(16)17)5-8-26-14/h3-5,7-8H,2,6,9-10H2,1H3,(H,18,23). The Hall–Kier alpha value is -2.17. The largest absolute Gasteiger partial charge is 0.355 e. The molecule has 4 aromatic heterocycles. The van der Waals surface area contributed by atoms with Crippen LogP contribution in [0.5, 0.6) is 0 Å². The Balaban J connectivity index is 1.75. The summed E-state index contributed by atoms with van der Waals surface area (Å²) in [6.07, 6.45) is 0.898. The quantitative estimate of drug-likeness (QED) is 0.466. The number of hydrogen-bond acceptors (Lipinski definition) is 7. The Kier molecular flexibility index (Phi) is 5.28. The molecule has 0 aromatic carbocycles. The highest BCUT2D eigenvalue weighted by molar-refractivity contribution is 7.99. The fourth-order valence-corrected chi connectivity index (χ4v) is 5.03. The Morgan fingerprint density at radius 3 is 2.93 bits per heavy atom. The van der Waals surface area contributed by atoms with Crippen LogP contribution in [0.25, 0.3) is 16.0 Å². The van der Waals surface area contributed by atoms with Crippen LogP contribution < -0.4 is 10.9 Å². The van der Waals surface area contributed by atoms with Gasteiger partial charge in [-0.1, -0.05) is 24.8 Å². The lowest BCUT2D eigenvalue weighted by Crippen LogP contribution is -2.25. The van der Waals surface area contributed by atoms with Gasteiger partial charge in [0.15, 0.2) is 5.16 Å². The minimum atomic E-state index is -0.0643. The summed E-state index contributed by atoms with van der Waals surface area (Å²) in [6, 6.07) is 5.86. The van der Waals surface area contributed by atoms with E-state index in [-0.39, 0.29) is 17.2 Å². The van der Waals surface area contributed by atoms with E-state index in [0.717, 1.165) is 16.8 Å². The highest BCUT2D eigenvalue weighted by Crippen LogP contribution is 2.25. The van der Waals surface area contributed by atoms with Gasteiger partial charge in [0.1, 0.15) is 4.70 Å². The molecule has 1 amide bonds. The molecule has 0 atom stereocenters. The lowest BCUT2D eigenvalue weighted by molar-refractivity contribution is -0.118. The molecule has 0 unspecified atom stereocenters. The van der Waals surface area contributed by atoms with Crippen LogP contribution in [0.4, 0.5) is 0 Å². The van der Waals surface area contributed by atoms with Gasteiger partial charge in [-0.25, -0.2) is 0 Å². The molecule has 0 spiro atoms. The average Bonchev–Trinajstić information content (AvgIpc) is 3.41. The Bertz CT molecular complexity index is 1140. The third-order valence-electron chi connectivity index (χ3n) is 3.98. The highest BCUT2D eigenvalue weighted by atomic mass is 32.2. The molecule has 140 valence electrons. The van der Waals surface area contributed by atoms with E-state index in [2.05, 4.69) is 15.5 Å². The van der Waals surface area contributed by atoms with E-state index in [1.165, 1.54) is 23.1 Å². The first-order valence-corrected chi connectivity index (χ1v) is 11.2. The molecule has 0 saturated carbocycles. The van der Waals surface area contributed by atoms with E-state index in [9.17, 15) is 9.59 Å². The number of fused-ring (bicyclic) bond motifs is 3. The second kappa shape index (κ2) is 7.83. The van der Waals surface area contributed by atoms with Crippen molar-refractivity contribution in [1.29, 1.82) is 0 Å². The lowest BCUT2D eigenvalue weighted by atomic mass is 10.4. The molecule has 0 fully saturated rings. The van der Waals surface area contributed by atoms with Crippen LogP contribution in [0, 0.1) is 0 Å². The number of nitrogens with one attached hydrogen (secondary N) is 1. The molecule has 0 aliphatic carbocycles. The van der Waals surface area contributed by atoms with Gasteiger partial charge in [-0.15, -0.1) is 32.9 Å². The molecule has 4 rings (SSSR count). The van der Waals surface area contributed by atoms with Gasteiger partial charge in [0.05, 0.1) is 17.8 Å². The molecular weight excluding hydrogens is 402 g/mol. The Morgan fingerprint density at radius 2 is 2.15 bits per heavy atom. The van der Waals surface area contributed by atoms with E-state index < -0.39 is 0 Å². The molecule has 10 heteroatoms. The average molecular weight is 420 g/mol. The number of amides is 1. The van der Waals surface area contributed by atoms with Crippen molar-refractivity contribution in [3.8, 4) is 0 Å². The number of rotatable bonds is 7. The van der Waals surface area contributed by atoms with Crippen LogP contribution in [-0.4, -0.2) is 37.4 Å². The monoisotopic (exact) mass is 419 g/mol. The molecule has 0 saturated heterocycles. The van der Waals surface area contributed by atoms with Crippen molar-refractivity contribution in [2.24, 2.45) is 0 Å². The first kappa shape index (κ1) is 18.2. The molecule has 1 N–H and O–H groups in total. The Labute approximate surface area is 167 Å². The van der Waals surface area contributed by atoms with E-state index in [0.29, 0.717) is 28.7 Å². The van der Waals surface area contributed by atoms with Gasteiger partial charge in [-0.05, 0) is 29.3 Å². The second-order valence-corrected chi connectivity index (χ2v) is 8.75. The fourth-order valence-electron chi connectivity index (χ4n) is 2.74. The first-order chi connectivity index (χ1) is 13.2. The molecule has 7 nitrogen and oxygen atoms in total. The zero-order valence-corrected chi connectivity index (χ0v) is 17.0. The summed E-state index contributed by atoms with van der Waals surface area (Å²) >= 11 is 4.33. The molecule has 4 aromatic rings. The summed E-state index contributed by atoms with van der Waals surface area (Å²) in [6.45, 7) is 3.13. The topological polar surface area (TPSA) is 81.3 Å². The predicted octanol–water partition coefficient (Wildman–Crippen LogP) is 2.83. The normalized spacial score (nSPS) is 11.4. The summed E-state index contributed by atoms with van der Waals surface area (Å²) in [5.74, 6) is 0.721. The van der Waals surface area contributed by atoms with Gasteiger partial charge in [0.2, 0.25) is 11.7 Å². The minimum absolute atomic E-state index is 0.0351. The number of nitrogens with zero attached hydrogens (tertiary/aromatic N) is 4. The number of hydrogen-bond donors (Lipinski definition) is 1. The zero-order valence-electron chi connectivity index (χ0n) is 14.5. The van der Waals surface area contributed by atoms with Gasteiger partial charge in [-0.2, -0.15) is 0 Å². The van der Waals surface area contributed by atoms with Crippen molar-refractivity contribution < 1.29 is 4.79 Å². The van der Waals surface area contributed by atoms with E-state index in [4.69, 9.17) is 0 Å². The SMILES string of the molecule is CCCNC(=O)CSc1nnc2n(Cc3cccs3)c(=O)c3sccc3n12. The number of thiophene rings is 2. The van der Waals surface area contributed by atoms with Crippen LogP contribution in [0.1, 0.15) is 18.2 Å². The van der Waals surface area contributed by atoms with Crippen molar-refractivity contribution in [1.82, 2.24) is 24.5 Å². The predicted molar refractivity (Wildman–Crippen MR) is 110 cm³/mol. The first-order valence-electron chi connectivity index (χ1n) is 8.46. The van der Waals surface area contributed by atoms with Crippen LogP contribution >= 0.6 is 34.4 Å². The van der Waals surface area contributed by atoms with E-state index in [1.54, 1.807) is 15.9 Å². The third kappa shape index (κ3) is 3.52. The molecule has 4 heterocycles. The number of aromatic nitrogens is 4. The second-order valence-electron chi connectivity index (χ2n) is 5.86. The minimum Gasteiger partial charge on any atom is -0.355 e. The summed E-state index contributed by atoms with van der Waals surface area (Å²) in [4.78, 5) is 26.0. The lowest BCUT2D eigenvalue weighted by Gasteiger charge is -2.08. The molecule has 0 radical (unpaired) electrons. The van der Waals surface area contributed by atoms with Gasteiger partial charge in [-0.3, -0.25) is 18.6 Å². The zero-order chi connectivity index (χ0) is 18.8. The maximum Gasteiger partial charge on any atom is 0.273 e. The summed E-state index contributed by atoms with van der Waals surface area (Å²) in [7, 11) is 0. The van der Waals surface area contributed by atoms with Crippen LogP contribution in [0.15, 0.2) is 38.9 Å².